The van der Waals surface area contributed by atoms with Gasteiger partial charge in [0, 0.05) is 13.2 Å². The van der Waals surface area contributed by atoms with Crippen molar-refractivity contribution in [2.24, 2.45) is 0 Å². The van der Waals surface area contributed by atoms with Crippen LogP contribution in [0.4, 0.5) is 5.69 Å². The zero-order valence-electron chi connectivity index (χ0n) is 10.6. The summed E-state index contributed by atoms with van der Waals surface area (Å²) in [4.78, 5) is 0. The molecule has 0 radical (unpaired) electrons. The van der Waals surface area contributed by atoms with E-state index in [4.69, 9.17) is 5.11 Å². The molecule has 0 amide bonds. The van der Waals surface area contributed by atoms with Crippen molar-refractivity contribution in [3.63, 3.8) is 0 Å². The van der Waals surface area contributed by atoms with Crippen molar-refractivity contribution in [2.75, 3.05) is 11.9 Å². The van der Waals surface area contributed by atoms with Crippen LogP contribution in [0.2, 0.25) is 0 Å². The van der Waals surface area contributed by atoms with Crippen LogP contribution in [0.3, 0.4) is 0 Å². The third-order valence-electron chi connectivity index (χ3n) is 2.71. The highest BCUT2D eigenvalue weighted by Gasteiger charge is 2.06. The van der Waals surface area contributed by atoms with Crippen LogP contribution in [0.25, 0.3) is 0 Å². The van der Waals surface area contributed by atoms with Gasteiger partial charge in [-0.1, -0.05) is 5.21 Å². The summed E-state index contributed by atoms with van der Waals surface area (Å²) in [6.07, 6.45) is 2.57. The van der Waals surface area contributed by atoms with E-state index in [9.17, 15) is 0 Å². The first-order valence-corrected chi connectivity index (χ1v) is 5.96. The van der Waals surface area contributed by atoms with Gasteiger partial charge in [0.1, 0.15) is 5.69 Å². The Morgan fingerprint density at radius 2 is 2.28 bits per heavy atom. The highest BCUT2D eigenvalue weighted by atomic mass is 16.3. The Kier molecular flexibility index (Phi) is 3.93. The fourth-order valence-corrected chi connectivity index (χ4v) is 1.75. The minimum atomic E-state index is 0.168. The van der Waals surface area contributed by atoms with E-state index in [-0.39, 0.29) is 6.61 Å². The molecular formula is C11H18N6O. The molecule has 2 heterocycles. The Balaban J connectivity index is 1.92. The Morgan fingerprint density at radius 3 is 2.94 bits per heavy atom. The molecular weight excluding hydrogens is 232 g/mol. The largest absolute Gasteiger partial charge is 0.396 e. The lowest BCUT2D eigenvalue weighted by molar-refractivity contribution is 0.276. The fraction of sp³-hybridized carbons (Fsp3) is 0.545. The molecule has 7 nitrogen and oxygen atoms in total. The van der Waals surface area contributed by atoms with E-state index in [0.717, 1.165) is 22.8 Å². The molecule has 7 heteroatoms. The van der Waals surface area contributed by atoms with Gasteiger partial charge in [-0.05, 0) is 20.3 Å². The van der Waals surface area contributed by atoms with E-state index in [1.807, 2.05) is 20.0 Å². The molecule has 18 heavy (non-hydrogen) atoms. The average molecular weight is 250 g/mol. The van der Waals surface area contributed by atoms with Crippen molar-refractivity contribution in [3.8, 4) is 0 Å². The molecule has 0 spiro atoms. The number of nitrogens with zero attached hydrogens (tertiary/aromatic N) is 4. The predicted molar refractivity (Wildman–Crippen MR) is 67.1 cm³/mol. The molecule has 0 unspecified atom stereocenters. The van der Waals surface area contributed by atoms with Gasteiger partial charge in [-0.25, -0.2) is 0 Å². The number of aromatic amines is 1. The van der Waals surface area contributed by atoms with Crippen molar-refractivity contribution in [1.82, 2.24) is 25.2 Å². The average Bonchev–Trinajstić information content (AvgIpc) is 2.93. The lowest BCUT2D eigenvalue weighted by Gasteiger charge is -2.03. The quantitative estimate of drug-likeness (QED) is 0.698. The van der Waals surface area contributed by atoms with Crippen LogP contribution in [0.1, 0.15) is 23.5 Å². The molecule has 2 rings (SSSR count). The molecule has 0 fully saturated rings. The van der Waals surface area contributed by atoms with Gasteiger partial charge in [0.25, 0.3) is 0 Å². The molecule has 98 valence electrons. The summed E-state index contributed by atoms with van der Waals surface area (Å²) in [5.74, 6) is 0. The van der Waals surface area contributed by atoms with Gasteiger partial charge in [0.2, 0.25) is 0 Å². The number of nitrogens with one attached hydrogen (secondary N) is 2. The molecule has 0 atom stereocenters. The fourth-order valence-electron chi connectivity index (χ4n) is 1.75. The summed E-state index contributed by atoms with van der Waals surface area (Å²) < 4.78 is 1.74. The Labute approximate surface area is 105 Å². The minimum Gasteiger partial charge on any atom is -0.396 e. The molecule has 3 N–H and O–H groups in total. The lowest BCUT2D eigenvalue weighted by atomic mass is 10.3. The second-order valence-electron chi connectivity index (χ2n) is 4.21. The van der Waals surface area contributed by atoms with Crippen molar-refractivity contribution in [1.29, 1.82) is 0 Å². The first-order valence-electron chi connectivity index (χ1n) is 5.96. The molecule has 0 saturated carbocycles. The predicted octanol–water partition coefficient (Wildman–Crippen LogP) is 0.613. The molecule has 2 aromatic rings. The van der Waals surface area contributed by atoms with Crippen LogP contribution in [0.15, 0.2) is 6.20 Å². The van der Waals surface area contributed by atoms with Crippen molar-refractivity contribution in [2.45, 2.75) is 33.4 Å². The van der Waals surface area contributed by atoms with Gasteiger partial charge in [0.15, 0.2) is 0 Å². The van der Waals surface area contributed by atoms with Crippen LogP contribution in [0.5, 0.6) is 0 Å². The van der Waals surface area contributed by atoms with Gasteiger partial charge in [-0.15, -0.1) is 5.10 Å². The van der Waals surface area contributed by atoms with Crippen LogP contribution in [-0.4, -0.2) is 36.9 Å². The number of hydrogen-bond acceptors (Lipinski definition) is 5. The number of hydrogen-bond donors (Lipinski definition) is 3. The van der Waals surface area contributed by atoms with Crippen LogP contribution < -0.4 is 5.32 Å². The van der Waals surface area contributed by atoms with E-state index in [0.29, 0.717) is 19.5 Å². The van der Waals surface area contributed by atoms with Gasteiger partial charge in [-0.3, -0.25) is 9.78 Å². The first-order chi connectivity index (χ1) is 8.70. The summed E-state index contributed by atoms with van der Waals surface area (Å²) in [6, 6.07) is 0. The Bertz CT molecular complexity index is 484. The summed E-state index contributed by atoms with van der Waals surface area (Å²) in [6.45, 7) is 5.39. The molecule has 0 bridgehead atoms. The zero-order valence-corrected chi connectivity index (χ0v) is 10.6. The molecule has 0 saturated heterocycles. The minimum absolute atomic E-state index is 0.168. The zero-order chi connectivity index (χ0) is 13.0. The van der Waals surface area contributed by atoms with E-state index in [1.54, 1.807) is 4.68 Å². The van der Waals surface area contributed by atoms with Gasteiger partial charge >= 0.3 is 0 Å². The van der Waals surface area contributed by atoms with Crippen molar-refractivity contribution >= 4 is 5.69 Å². The highest BCUT2D eigenvalue weighted by molar-refractivity contribution is 5.51. The Morgan fingerprint density at radius 1 is 1.44 bits per heavy atom. The maximum absolute atomic E-state index is 8.74. The van der Waals surface area contributed by atoms with Gasteiger partial charge < -0.3 is 10.4 Å². The number of H-pyrrole nitrogens is 1. The molecule has 0 aliphatic rings. The highest BCUT2D eigenvalue weighted by Crippen LogP contribution is 2.16. The summed E-state index contributed by atoms with van der Waals surface area (Å²) >= 11 is 0. The third kappa shape index (κ3) is 2.86. The van der Waals surface area contributed by atoms with Crippen LogP contribution in [-0.2, 0) is 13.1 Å². The van der Waals surface area contributed by atoms with Crippen molar-refractivity contribution in [3.05, 3.63) is 23.3 Å². The normalized spacial score (nSPS) is 10.8. The van der Waals surface area contributed by atoms with E-state index in [1.165, 1.54) is 0 Å². The summed E-state index contributed by atoms with van der Waals surface area (Å²) in [5, 5.41) is 27.1. The number of aryl methyl sites for hydroxylation is 3. The van der Waals surface area contributed by atoms with E-state index < -0.39 is 0 Å². The SMILES string of the molecule is Cc1n[nH]c(C)c1NCc1cn(CCCO)nn1. The number of anilines is 1. The molecule has 0 aliphatic carbocycles. The maximum atomic E-state index is 8.74. The van der Waals surface area contributed by atoms with Crippen molar-refractivity contribution < 1.29 is 5.11 Å². The van der Waals surface area contributed by atoms with E-state index >= 15 is 0 Å². The monoisotopic (exact) mass is 250 g/mol. The summed E-state index contributed by atoms with van der Waals surface area (Å²) in [7, 11) is 0. The molecule has 2 aromatic heterocycles. The third-order valence-corrected chi connectivity index (χ3v) is 2.71. The van der Waals surface area contributed by atoms with Gasteiger partial charge in [0.05, 0.1) is 29.8 Å². The number of rotatable bonds is 6. The standard InChI is InChI=1S/C11H18N6O/c1-8-11(9(2)14-13-8)12-6-10-7-17(16-15-10)4-3-5-18/h7,12,18H,3-6H2,1-2H3,(H,13,14). The lowest BCUT2D eigenvalue weighted by Crippen LogP contribution is -2.02. The first kappa shape index (κ1) is 12.6. The van der Waals surface area contributed by atoms with Crippen LogP contribution in [0, 0.1) is 13.8 Å². The number of aliphatic hydroxyl groups excluding tert-OH is 1. The van der Waals surface area contributed by atoms with E-state index in [2.05, 4.69) is 25.8 Å². The summed E-state index contributed by atoms with van der Waals surface area (Å²) in [5.41, 5.74) is 3.84. The smallest absolute Gasteiger partial charge is 0.102 e. The topological polar surface area (TPSA) is 91.7 Å². The van der Waals surface area contributed by atoms with Crippen LogP contribution >= 0.6 is 0 Å². The number of aromatic nitrogens is 5. The van der Waals surface area contributed by atoms with Gasteiger partial charge in [-0.2, -0.15) is 5.10 Å². The molecule has 0 aliphatic heterocycles. The second-order valence-corrected chi connectivity index (χ2v) is 4.21. The number of aliphatic hydroxyl groups is 1. The maximum Gasteiger partial charge on any atom is 0.102 e. The Hall–Kier alpha value is -1.89. The molecule has 0 aromatic carbocycles. The second kappa shape index (κ2) is 5.63.